The van der Waals surface area contributed by atoms with Crippen molar-refractivity contribution in [2.75, 3.05) is 20.7 Å². The second-order valence-corrected chi connectivity index (χ2v) is 6.84. The highest BCUT2D eigenvalue weighted by Crippen LogP contribution is 2.58. The minimum Gasteiger partial charge on any atom is -0.493 e. The molecule has 2 fully saturated rings. The summed E-state index contributed by atoms with van der Waals surface area (Å²) in [6, 6.07) is 5.68. The van der Waals surface area contributed by atoms with Gasteiger partial charge in [-0.15, -0.1) is 0 Å². The number of aldehydes is 1. The number of Topliss-reactive ketones (excluding diaryl/α,β-unsaturated/α-hetero) is 1. The molecule has 5 heteroatoms. The van der Waals surface area contributed by atoms with E-state index >= 15 is 0 Å². The van der Waals surface area contributed by atoms with E-state index < -0.39 is 11.5 Å². The van der Waals surface area contributed by atoms with E-state index in [2.05, 4.69) is 4.90 Å². The monoisotopic (exact) mass is 315 g/mol. The number of likely N-dealkylation sites (tertiary alicyclic amines) is 1. The van der Waals surface area contributed by atoms with Crippen LogP contribution in [0.1, 0.15) is 24.8 Å². The smallest absolute Gasteiger partial charge is 0.174 e. The maximum Gasteiger partial charge on any atom is 0.174 e. The standard InChI is InChI=1S/C18H21NO4/c1-19-9-8-18-11(13(19)10-20)6-7-14(21)17(18)23-16-12(18)4-3-5-15(16)22-2/h3-5,10-11,13,17H,6-9H2,1-2H3/t11-,13-,17+,18+/m1/s1. The molecule has 2 aliphatic heterocycles. The summed E-state index contributed by atoms with van der Waals surface area (Å²) in [6.07, 6.45) is 2.60. The van der Waals surface area contributed by atoms with Gasteiger partial charge in [0.05, 0.1) is 13.2 Å². The van der Waals surface area contributed by atoms with Crippen LogP contribution in [0.25, 0.3) is 0 Å². The van der Waals surface area contributed by atoms with Crippen molar-refractivity contribution in [1.82, 2.24) is 4.90 Å². The van der Waals surface area contributed by atoms with E-state index in [1.54, 1.807) is 7.11 Å². The number of hydrogen-bond acceptors (Lipinski definition) is 5. The number of hydrogen-bond donors (Lipinski definition) is 0. The topological polar surface area (TPSA) is 55.8 Å². The number of rotatable bonds is 2. The summed E-state index contributed by atoms with van der Waals surface area (Å²) < 4.78 is 11.6. The molecule has 0 bridgehead atoms. The van der Waals surface area contributed by atoms with Crippen LogP contribution in [0.3, 0.4) is 0 Å². The van der Waals surface area contributed by atoms with Crippen LogP contribution in [0, 0.1) is 5.92 Å². The maximum atomic E-state index is 12.6. The quantitative estimate of drug-likeness (QED) is 0.776. The van der Waals surface area contributed by atoms with E-state index in [1.807, 2.05) is 25.2 Å². The number of carbonyl (C=O) groups is 2. The minimum absolute atomic E-state index is 0.106. The molecule has 2 heterocycles. The van der Waals surface area contributed by atoms with Gasteiger partial charge in [0.2, 0.25) is 0 Å². The Labute approximate surface area is 135 Å². The van der Waals surface area contributed by atoms with Crippen LogP contribution < -0.4 is 9.47 Å². The molecule has 0 radical (unpaired) electrons. The van der Waals surface area contributed by atoms with E-state index in [0.29, 0.717) is 17.9 Å². The largest absolute Gasteiger partial charge is 0.493 e. The van der Waals surface area contributed by atoms with E-state index in [-0.39, 0.29) is 17.7 Å². The zero-order valence-corrected chi connectivity index (χ0v) is 13.5. The second kappa shape index (κ2) is 5.06. The Morgan fingerprint density at radius 3 is 3.00 bits per heavy atom. The third-order valence-electron chi connectivity index (χ3n) is 6.00. The minimum atomic E-state index is -0.483. The molecule has 122 valence electrons. The van der Waals surface area contributed by atoms with Crippen molar-refractivity contribution >= 4 is 12.1 Å². The van der Waals surface area contributed by atoms with Gasteiger partial charge in [-0.2, -0.15) is 0 Å². The van der Waals surface area contributed by atoms with Gasteiger partial charge in [0.25, 0.3) is 0 Å². The third kappa shape index (κ3) is 1.77. The van der Waals surface area contributed by atoms with Crippen molar-refractivity contribution in [3.8, 4) is 11.5 Å². The van der Waals surface area contributed by atoms with Gasteiger partial charge in [-0.25, -0.2) is 0 Å². The molecule has 1 aromatic carbocycles. The molecule has 0 N–H and O–H groups in total. The first kappa shape index (κ1) is 14.7. The van der Waals surface area contributed by atoms with Crippen molar-refractivity contribution < 1.29 is 19.1 Å². The van der Waals surface area contributed by atoms with E-state index in [0.717, 1.165) is 31.2 Å². The summed E-state index contributed by atoms with van der Waals surface area (Å²) in [6.45, 7) is 0.781. The zero-order valence-electron chi connectivity index (χ0n) is 13.5. The zero-order chi connectivity index (χ0) is 16.2. The highest BCUT2D eigenvalue weighted by Gasteiger charge is 2.62. The van der Waals surface area contributed by atoms with E-state index in [4.69, 9.17) is 9.47 Å². The van der Waals surface area contributed by atoms with E-state index in [9.17, 15) is 9.59 Å². The van der Waals surface area contributed by atoms with Crippen LogP contribution in [0.4, 0.5) is 0 Å². The number of likely N-dealkylation sites (N-methyl/N-ethyl adjacent to an activating group) is 1. The molecule has 1 spiro atoms. The number of piperidine rings is 1. The number of ketones is 1. The third-order valence-corrected chi connectivity index (χ3v) is 6.00. The van der Waals surface area contributed by atoms with Gasteiger partial charge < -0.3 is 14.3 Å². The lowest BCUT2D eigenvalue weighted by Crippen LogP contribution is -2.63. The fourth-order valence-corrected chi connectivity index (χ4v) is 4.91. The van der Waals surface area contributed by atoms with Crippen LogP contribution in [-0.4, -0.2) is 49.8 Å². The van der Waals surface area contributed by atoms with Crippen LogP contribution in [-0.2, 0) is 15.0 Å². The highest BCUT2D eigenvalue weighted by atomic mass is 16.5. The van der Waals surface area contributed by atoms with Crippen LogP contribution in [0.15, 0.2) is 18.2 Å². The summed E-state index contributed by atoms with van der Waals surface area (Å²) in [7, 11) is 3.60. The number of benzene rings is 1. The fraction of sp³-hybridized carbons (Fsp3) is 0.556. The lowest BCUT2D eigenvalue weighted by molar-refractivity contribution is -0.140. The molecule has 1 saturated carbocycles. The molecule has 4 rings (SSSR count). The van der Waals surface area contributed by atoms with Gasteiger partial charge in [0, 0.05) is 17.4 Å². The maximum absolute atomic E-state index is 12.6. The molecule has 0 amide bonds. The molecule has 4 atom stereocenters. The summed E-state index contributed by atoms with van der Waals surface area (Å²) in [5.74, 6) is 1.61. The summed E-state index contributed by atoms with van der Waals surface area (Å²) in [5.41, 5.74) is 0.650. The lowest BCUT2D eigenvalue weighted by atomic mass is 9.56. The summed E-state index contributed by atoms with van der Waals surface area (Å²) in [4.78, 5) is 26.4. The van der Waals surface area contributed by atoms with Crippen molar-refractivity contribution in [3.05, 3.63) is 23.8 Å². The van der Waals surface area contributed by atoms with Gasteiger partial charge >= 0.3 is 0 Å². The Bertz CT molecular complexity index is 673. The number of carbonyl (C=O) groups excluding carboxylic acids is 2. The molecule has 23 heavy (non-hydrogen) atoms. The van der Waals surface area contributed by atoms with Crippen molar-refractivity contribution in [1.29, 1.82) is 0 Å². The van der Waals surface area contributed by atoms with Crippen LogP contribution in [0.5, 0.6) is 11.5 Å². The molecule has 1 saturated heterocycles. The summed E-state index contributed by atoms with van der Waals surface area (Å²) in [5, 5.41) is 0. The van der Waals surface area contributed by atoms with Crippen molar-refractivity contribution in [2.45, 2.75) is 36.8 Å². The first-order valence-electron chi connectivity index (χ1n) is 8.16. The van der Waals surface area contributed by atoms with Gasteiger partial charge in [0.1, 0.15) is 6.29 Å². The molecular weight excluding hydrogens is 294 g/mol. The number of para-hydroxylation sites is 1. The number of fused-ring (bicyclic) bond motifs is 1. The Morgan fingerprint density at radius 1 is 1.43 bits per heavy atom. The Morgan fingerprint density at radius 2 is 2.26 bits per heavy atom. The lowest BCUT2D eigenvalue weighted by Gasteiger charge is -2.52. The second-order valence-electron chi connectivity index (χ2n) is 6.84. The Kier molecular flexibility index (Phi) is 3.23. The molecule has 0 aromatic heterocycles. The molecule has 3 aliphatic rings. The molecule has 1 aromatic rings. The van der Waals surface area contributed by atoms with Crippen molar-refractivity contribution in [2.24, 2.45) is 5.92 Å². The average Bonchev–Trinajstić information content (AvgIpc) is 2.91. The van der Waals surface area contributed by atoms with Gasteiger partial charge in [-0.1, -0.05) is 12.1 Å². The van der Waals surface area contributed by atoms with Gasteiger partial charge in [-0.3, -0.25) is 9.69 Å². The predicted octanol–water partition coefficient (Wildman–Crippen LogP) is 1.58. The fourth-order valence-electron chi connectivity index (χ4n) is 4.91. The molecule has 0 unspecified atom stereocenters. The number of methoxy groups -OCH3 is 1. The number of nitrogens with zero attached hydrogens (tertiary/aromatic N) is 1. The van der Waals surface area contributed by atoms with Gasteiger partial charge in [-0.05, 0) is 38.4 Å². The highest BCUT2D eigenvalue weighted by molar-refractivity contribution is 5.89. The molecule has 1 aliphatic carbocycles. The Balaban J connectivity index is 1.91. The van der Waals surface area contributed by atoms with Crippen LogP contribution in [0.2, 0.25) is 0 Å². The SMILES string of the molecule is COc1cccc2c1O[C@H]1C(=O)CC[C@@H]3[C@@H](C=O)N(C)CC[C@@]231. The molecular formula is C18H21NO4. The molecule has 5 nitrogen and oxygen atoms in total. The Hall–Kier alpha value is -1.88. The predicted molar refractivity (Wildman–Crippen MR) is 83.9 cm³/mol. The number of ether oxygens (including phenoxy) is 2. The van der Waals surface area contributed by atoms with E-state index in [1.165, 1.54) is 0 Å². The van der Waals surface area contributed by atoms with Crippen molar-refractivity contribution in [3.63, 3.8) is 0 Å². The average molecular weight is 315 g/mol. The van der Waals surface area contributed by atoms with Crippen LogP contribution >= 0.6 is 0 Å². The van der Waals surface area contributed by atoms with Gasteiger partial charge in [0.15, 0.2) is 23.4 Å². The normalized spacial score (nSPS) is 35.7. The first-order chi connectivity index (χ1) is 11.1. The summed E-state index contributed by atoms with van der Waals surface area (Å²) >= 11 is 0. The first-order valence-corrected chi connectivity index (χ1v) is 8.16.